The summed E-state index contributed by atoms with van der Waals surface area (Å²) in [5.74, 6) is 0.965. The number of rotatable bonds is 9. The van der Waals surface area contributed by atoms with Crippen LogP contribution in [0.5, 0.6) is 0 Å². The van der Waals surface area contributed by atoms with Gasteiger partial charge in [-0.05, 0) is 42.2 Å². The first-order valence-electron chi connectivity index (χ1n) is 9.34. The average Bonchev–Trinajstić information content (AvgIpc) is 2.70. The molecular formula is C22H27BrN2O2S. The van der Waals surface area contributed by atoms with E-state index in [9.17, 15) is 9.59 Å². The van der Waals surface area contributed by atoms with Crippen LogP contribution >= 0.6 is 27.7 Å². The number of benzene rings is 2. The summed E-state index contributed by atoms with van der Waals surface area (Å²) >= 11 is 5.00. The second-order valence-electron chi connectivity index (χ2n) is 6.61. The van der Waals surface area contributed by atoms with E-state index in [0.717, 1.165) is 21.4 Å². The van der Waals surface area contributed by atoms with Gasteiger partial charge in [0, 0.05) is 23.8 Å². The highest BCUT2D eigenvalue weighted by Crippen LogP contribution is 2.19. The predicted octanol–water partition coefficient (Wildman–Crippen LogP) is 4.54. The van der Waals surface area contributed by atoms with E-state index in [4.69, 9.17) is 0 Å². The number of hydrogen-bond acceptors (Lipinski definition) is 3. The van der Waals surface area contributed by atoms with Gasteiger partial charge >= 0.3 is 0 Å². The molecule has 0 spiro atoms. The zero-order valence-electron chi connectivity index (χ0n) is 16.6. The lowest BCUT2D eigenvalue weighted by molar-refractivity contribution is -0.139. The largest absolute Gasteiger partial charge is 0.357 e. The van der Waals surface area contributed by atoms with E-state index in [1.54, 1.807) is 23.7 Å². The molecule has 0 saturated carbocycles. The number of carbonyl (C=O) groups is 2. The maximum Gasteiger partial charge on any atom is 0.242 e. The van der Waals surface area contributed by atoms with Gasteiger partial charge in [0.2, 0.25) is 11.8 Å². The SMILES string of the molecule is CCC(C(=O)NC)N(Cc1ccccc1C)C(=O)CSCc1ccc(Br)cc1. The van der Waals surface area contributed by atoms with Gasteiger partial charge < -0.3 is 10.2 Å². The van der Waals surface area contributed by atoms with E-state index < -0.39 is 6.04 Å². The molecule has 0 heterocycles. The zero-order valence-corrected chi connectivity index (χ0v) is 19.0. The Morgan fingerprint density at radius 1 is 1.14 bits per heavy atom. The van der Waals surface area contributed by atoms with Gasteiger partial charge in [0.15, 0.2) is 0 Å². The molecule has 4 nitrogen and oxygen atoms in total. The first-order valence-corrected chi connectivity index (χ1v) is 11.3. The molecule has 0 aliphatic heterocycles. The van der Waals surface area contributed by atoms with Crippen molar-refractivity contribution in [3.8, 4) is 0 Å². The second-order valence-corrected chi connectivity index (χ2v) is 8.51. The number of nitrogens with zero attached hydrogens (tertiary/aromatic N) is 1. The Balaban J connectivity index is 2.10. The summed E-state index contributed by atoms with van der Waals surface area (Å²) in [5, 5.41) is 2.69. The van der Waals surface area contributed by atoms with Crippen LogP contribution in [0.4, 0.5) is 0 Å². The van der Waals surface area contributed by atoms with Crippen molar-refractivity contribution in [3.05, 3.63) is 69.7 Å². The van der Waals surface area contributed by atoms with E-state index in [-0.39, 0.29) is 11.8 Å². The van der Waals surface area contributed by atoms with E-state index in [1.165, 1.54) is 5.56 Å². The molecule has 28 heavy (non-hydrogen) atoms. The van der Waals surface area contributed by atoms with Gasteiger partial charge in [0.05, 0.1) is 5.75 Å². The number of likely N-dealkylation sites (N-methyl/N-ethyl adjacent to an activating group) is 1. The van der Waals surface area contributed by atoms with Gasteiger partial charge in [-0.3, -0.25) is 9.59 Å². The van der Waals surface area contributed by atoms with Gasteiger partial charge in [-0.15, -0.1) is 11.8 Å². The predicted molar refractivity (Wildman–Crippen MR) is 120 cm³/mol. The van der Waals surface area contributed by atoms with Crippen LogP contribution in [0.1, 0.15) is 30.0 Å². The van der Waals surface area contributed by atoms with Crippen LogP contribution in [-0.2, 0) is 21.9 Å². The maximum atomic E-state index is 13.0. The van der Waals surface area contributed by atoms with Crippen molar-refractivity contribution in [1.82, 2.24) is 10.2 Å². The number of amides is 2. The van der Waals surface area contributed by atoms with Gasteiger partial charge in [-0.1, -0.05) is 59.3 Å². The second kappa shape index (κ2) is 11.3. The van der Waals surface area contributed by atoms with Crippen molar-refractivity contribution >= 4 is 39.5 Å². The normalized spacial score (nSPS) is 11.7. The maximum absolute atomic E-state index is 13.0. The zero-order chi connectivity index (χ0) is 20.5. The van der Waals surface area contributed by atoms with Crippen molar-refractivity contribution in [3.63, 3.8) is 0 Å². The highest BCUT2D eigenvalue weighted by molar-refractivity contribution is 9.10. The van der Waals surface area contributed by atoms with Gasteiger partial charge in [0.1, 0.15) is 6.04 Å². The van der Waals surface area contributed by atoms with E-state index in [1.807, 2.05) is 62.4 Å². The van der Waals surface area contributed by atoms with Crippen LogP contribution in [0.15, 0.2) is 53.0 Å². The van der Waals surface area contributed by atoms with Crippen molar-refractivity contribution in [2.75, 3.05) is 12.8 Å². The summed E-state index contributed by atoms with van der Waals surface area (Å²) in [6.45, 7) is 4.41. The first-order chi connectivity index (χ1) is 13.5. The molecule has 2 rings (SSSR count). The van der Waals surface area contributed by atoms with Crippen LogP contribution in [0.2, 0.25) is 0 Å². The van der Waals surface area contributed by atoms with Crippen LogP contribution in [0.3, 0.4) is 0 Å². The Bertz CT molecular complexity index is 795. The number of halogens is 1. The molecular weight excluding hydrogens is 436 g/mol. The molecule has 0 radical (unpaired) electrons. The molecule has 6 heteroatoms. The smallest absolute Gasteiger partial charge is 0.242 e. The molecule has 1 N–H and O–H groups in total. The minimum absolute atomic E-state index is 0.0131. The van der Waals surface area contributed by atoms with E-state index in [2.05, 4.69) is 21.2 Å². The van der Waals surface area contributed by atoms with Crippen LogP contribution < -0.4 is 5.32 Å². The van der Waals surface area contributed by atoms with Crippen molar-refractivity contribution in [1.29, 1.82) is 0 Å². The number of thioether (sulfide) groups is 1. The molecule has 2 amide bonds. The fourth-order valence-corrected chi connectivity index (χ4v) is 4.11. The minimum atomic E-state index is -0.467. The van der Waals surface area contributed by atoms with Gasteiger partial charge in [-0.25, -0.2) is 0 Å². The van der Waals surface area contributed by atoms with Crippen molar-refractivity contribution in [2.24, 2.45) is 0 Å². The fourth-order valence-electron chi connectivity index (χ4n) is 2.98. The molecule has 0 aliphatic carbocycles. The molecule has 0 bridgehead atoms. The van der Waals surface area contributed by atoms with Gasteiger partial charge in [-0.2, -0.15) is 0 Å². The van der Waals surface area contributed by atoms with Crippen LogP contribution in [0.25, 0.3) is 0 Å². The van der Waals surface area contributed by atoms with Crippen molar-refractivity contribution in [2.45, 2.75) is 38.6 Å². The Kier molecular flexibility index (Phi) is 9.06. The summed E-state index contributed by atoms with van der Waals surface area (Å²) in [5.41, 5.74) is 3.36. The van der Waals surface area contributed by atoms with Gasteiger partial charge in [0.25, 0.3) is 0 Å². The molecule has 0 fully saturated rings. The number of hydrogen-bond donors (Lipinski definition) is 1. The average molecular weight is 463 g/mol. The number of carbonyl (C=O) groups excluding carboxylic acids is 2. The molecule has 0 aliphatic rings. The topological polar surface area (TPSA) is 49.4 Å². The third kappa shape index (κ3) is 6.38. The quantitative estimate of drug-likeness (QED) is 0.594. The minimum Gasteiger partial charge on any atom is -0.357 e. The summed E-state index contributed by atoms with van der Waals surface area (Å²) in [6.07, 6.45) is 0.578. The highest BCUT2D eigenvalue weighted by Gasteiger charge is 2.28. The molecule has 1 atom stereocenters. The molecule has 1 unspecified atom stereocenters. The number of nitrogens with one attached hydrogen (secondary N) is 1. The molecule has 2 aromatic rings. The highest BCUT2D eigenvalue weighted by atomic mass is 79.9. The number of aryl methyl sites for hydroxylation is 1. The summed E-state index contributed by atoms with van der Waals surface area (Å²) < 4.78 is 1.04. The third-order valence-corrected chi connectivity index (χ3v) is 6.16. The third-order valence-electron chi connectivity index (χ3n) is 4.64. The van der Waals surface area contributed by atoms with Crippen molar-refractivity contribution < 1.29 is 9.59 Å². The molecule has 0 aromatic heterocycles. The van der Waals surface area contributed by atoms with Crippen LogP contribution in [-0.4, -0.2) is 35.6 Å². The lowest BCUT2D eigenvalue weighted by atomic mass is 10.1. The lowest BCUT2D eigenvalue weighted by Gasteiger charge is -2.30. The van der Waals surface area contributed by atoms with E-state index >= 15 is 0 Å². The Morgan fingerprint density at radius 2 is 1.82 bits per heavy atom. The fraction of sp³-hybridized carbons (Fsp3) is 0.364. The Hall–Kier alpha value is -1.79. The Morgan fingerprint density at radius 3 is 2.43 bits per heavy atom. The summed E-state index contributed by atoms with van der Waals surface area (Å²) in [6, 6.07) is 15.6. The van der Waals surface area contributed by atoms with E-state index in [0.29, 0.717) is 18.7 Å². The molecule has 0 saturated heterocycles. The monoisotopic (exact) mass is 462 g/mol. The summed E-state index contributed by atoms with van der Waals surface area (Å²) in [4.78, 5) is 27.1. The van der Waals surface area contributed by atoms with Crippen LogP contribution in [0, 0.1) is 6.92 Å². The molecule has 150 valence electrons. The first kappa shape index (κ1) is 22.5. The standard InChI is InChI=1S/C22H27BrN2O2S/c1-4-20(22(27)24-3)25(13-18-8-6-5-7-16(18)2)21(26)15-28-14-17-9-11-19(23)12-10-17/h5-12,20H,4,13-15H2,1-3H3,(H,24,27). The summed E-state index contributed by atoms with van der Waals surface area (Å²) in [7, 11) is 1.61. The lowest BCUT2D eigenvalue weighted by Crippen LogP contribution is -2.48. The molecule has 2 aromatic carbocycles. The Labute approximate surface area is 180 Å².